The summed E-state index contributed by atoms with van der Waals surface area (Å²) in [7, 11) is -3.23. The predicted molar refractivity (Wildman–Crippen MR) is 73.0 cm³/mol. The Balaban J connectivity index is 1.84. The topological polar surface area (TPSA) is 87.2 Å². The van der Waals surface area contributed by atoms with Gasteiger partial charge in [-0.2, -0.15) is 4.31 Å². The number of piperazine rings is 1. The lowest BCUT2D eigenvalue weighted by molar-refractivity contribution is -0.137. The van der Waals surface area contributed by atoms with Crippen LogP contribution in [0.5, 0.6) is 0 Å². The average Bonchev–Trinajstić information content (AvgIpc) is 2.46. The second kappa shape index (κ2) is 6.84. The van der Waals surface area contributed by atoms with Crippen molar-refractivity contribution in [2.24, 2.45) is 0 Å². The van der Waals surface area contributed by atoms with Crippen LogP contribution < -0.4 is 0 Å². The number of rotatable bonds is 5. The van der Waals surface area contributed by atoms with Gasteiger partial charge in [0.25, 0.3) is 0 Å². The number of carboxylic acids is 1. The monoisotopic (exact) mass is 306 g/mol. The molecule has 0 aromatic heterocycles. The molecule has 2 aliphatic rings. The zero-order chi connectivity index (χ0) is 14.6. The predicted octanol–water partition coefficient (Wildman–Crippen LogP) is -0.412. The third-order valence-corrected chi connectivity index (χ3v) is 6.32. The zero-order valence-electron chi connectivity index (χ0n) is 11.5. The molecule has 0 saturated carbocycles. The first-order chi connectivity index (χ1) is 9.50. The van der Waals surface area contributed by atoms with Gasteiger partial charge in [-0.15, -0.1) is 0 Å². The lowest BCUT2D eigenvalue weighted by atomic mass is 10.2. The van der Waals surface area contributed by atoms with E-state index in [4.69, 9.17) is 9.84 Å². The van der Waals surface area contributed by atoms with Crippen molar-refractivity contribution in [2.45, 2.75) is 24.5 Å². The zero-order valence-corrected chi connectivity index (χ0v) is 12.3. The number of ether oxygens (including phenoxy) is 1. The summed E-state index contributed by atoms with van der Waals surface area (Å²) in [6.45, 7) is 3.65. The second-order valence-electron chi connectivity index (χ2n) is 5.24. The maximum atomic E-state index is 12.5. The third kappa shape index (κ3) is 3.91. The fourth-order valence-electron chi connectivity index (χ4n) is 2.65. The molecule has 0 aliphatic carbocycles. The van der Waals surface area contributed by atoms with Crippen molar-refractivity contribution >= 4 is 16.0 Å². The van der Waals surface area contributed by atoms with Crippen molar-refractivity contribution in [3.05, 3.63) is 0 Å². The van der Waals surface area contributed by atoms with Gasteiger partial charge in [-0.3, -0.25) is 4.79 Å². The highest BCUT2D eigenvalue weighted by Crippen LogP contribution is 2.21. The van der Waals surface area contributed by atoms with Gasteiger partial charge in [0.1, 0.15) is 0 Å². The normalized spacial score (nSPS) is 23.8. The molecule has 0 radical (unpaired) electrons. The summed E-state index contributed by atoms with van der Waals surface area (Å²) in [6.07, 6.45) is 1.25. The Hall–Kier alpha value is -0.700. The van der Waals surface area contributed by atoms with E-state index in [1.165, 1.54) is 0 Å². The van der Waals surface area contributed by atoms with Crippen LogP contribution in [0.25, 0.3) is 0 Å². The third-order valence-electron chi connectivity index (χ3n) is 3.92. The molecule has 1 N–H and O–H groups in total. The molecule has 116 valence electrons. The molecule has 2 saturated heterocycles. The number of sulfonamides is 1. The van der Waals surface area contributed by atoms with Gasteiger partial charge in [0.2, 0.25) is 10.0 Å². The summed E-state index contributed by atoms with van der Waals surface area (Å²) >= 11 is 0. The summed E-state index contributed by atoms with van der Waals surface area (Å²) < 4.78 is 31.7. The molecular formula is C12H22N2O5S. The standard InChI is InChI=1S/C12H22N2O5S/c15-12(16)1-4-13-5-7-14(8-6-13)20(17,18)11-2-9-19-10-3-11/h11H,1-10H2,(H,15,16). The number of aliphatic carboxylic acids is 1. The Morgan fingerprint density at radius 2 is 1.75 bits per heavy atom. The number of carbonyl (C=O) groups is 1. The molecule has 2 rings (SSSR count). The van der Waals surface area contributed by atoms with Crippen molar-refractivity contribution < 1.29 is 23.1 Å². The fraction of sp³-hybridized carbons (Fsp3) is 0.917. The molecule has 2 heterocycles. The minimum atomic E-state index is -3.23. The van der Waals surface area contributed by atoms with Gasteiger partial charge in [-0.25, -0.2) is 8.42 Å². The van der Waals surface area contributed by atoms with Crippen molar-refractivity contribution in [1.82, 2.24) is 9.21 Å². The molecule has 0 aromatic rings. The van der Waals surface area contributed by atoms with Gasteiger partial charge in [0, 0.05) is 45.9 Å². The Bertz CT molecular complexity index is 425. The van der Waals surface area contributed by atoms with E-state index in [0.717, 1.165) is 0 Å². The van der Waals surface area contributed by atoms with E-state index in [-0.39, 0.29) is 11.7 Å². The van der Waals surface area contributed by atoms with Crippen LogP contribution in [0.3, 0.4) is 0 Å². The van der Waals surface area contributed by atoms with E-state index >= 15 is 0 Å². The molecule has 2 fully saturated rings. The number of carboxylic acid groups (broad SMARTS) is 1. The Morgan fingerprint density at radius 3 is 2.30 bits per heavy atom. The minimum absolute atomic E-state index is 0.104. The summed E-state index contributed by atoms with van der Waals surface area (Å²) in [6, 6.07) is 0. The molecule has 0 unspecified atom stereocenters. The van der Waals surface area contributed by atoms with Gasteiger partial charge >= 0.3 is 5.97 Å². The van der Waals surface area contributed by atoms with Crippen LogP contribution in [0.1, 0.15) is 19.3 Å². The number of nitrogens with zero attached hydrogens (tertiary/aromatic N) is 2. The van der Waals surface area contributed by atoms with E-state index in [1.54, 1.807) is 4.31 Å². The molecule has 7 nitrogen and oxygen atoms in total. The first kappa shape index (κ1) is 15.7. The quantitative estimate of drug-likeness (QED) is 0.743. The molecule has 2 aliphatic heterocycles. The first-order valence-corrected chi connectivity index (χ1v) is 8.51. The number of hydrogen-bond donors (Lipinski definition) is 1. The van der Waals surface area contributed by atoms with Crippen LogP contribution >= 0.6 is 0 Å². The van der Waals surface area contributed by atoms with Crippen molar-refractivity contribution in [3.63, 3.8) is 0 Å². The second-order valence-corrected chi connectivity index (χ2v) is 7.45. The average molecular weight is 306 g/mol. The fourth-order valence-corrected chi connectivity index (χ4v) is 4.53. The molecule has 20 heavy (non-hydrogen) atoms. The smallest absolute Gasteiger partial charge is 0.304 e. The highest BCUT2D eigenvalue weighted by molar-refractivity contribution is 7.89. The Kier molecular flexibility index (Phi) is 5.36. The molecule has 0 atom stereocenters. The Morgan fingerprint density at radius 1 is 1.15 bits per heavy atom. The van der Waals surface area contributed by atoms with Crippen LogP contribution in [0.4, 0.5) is 0 Å². The summed E-state index contributed by atoms with van der Waals surface area (Å²) in [5.74, 6) is -0.817. The number of hydrogen-bond acceptors (Lipinski definition) is 5. The highest BCUT2D eigenvalue weighted by atomic mass is 32.2. The lowest BCUT2D eigenvalue weighted by Gasteiger charge is -2.36. The van der Waals surface area contributed by atoms with Crippen LogP contribution in [-0.2, 0) is 19.6 Å². The molecule has 0 amide bonds. The lowest BCUT2D eigenvalue weighted by Crippen LogP contribution is -2.52. The van der Waals surface area contributed by atoms with Crippen molar-refractivity contribution in [3.8, 4) is 0 Å². The van der Waals surface area contributed by atoms with Gasteiger partial charge in [-0.1, -0.05) is 0 Å². The maximum absolute atomic E-state index is 12.5. The van der Waals surface area contributed by atoms with Crippen LogP contribution in [0.15, 0.2) is 0 Å². The first-order valence-electron chi connectivity index (χ1n) is 7.01. The summed E-state index contributed by atoms with van der Waals surface area (Å²) in [4.78, 5) is 12.5. The van der Waals surface area contributed by atoms with E-state index in [2.05, 4.69) is 0 Å². The molecular weight excluding hydrogens is 284 g/mol. The van der Waals surface area contributed by atoms with Crippen LogP contribution in [-0.4, -0.2) is 79.9 Å². The largest absolute Gasteiger partial charge is 0.481 e. The highest BCUT2D eigenvalue weighted by Gasteiger charge is 2.34. The summed E-state index contributed by atoms with van der Waals surface area (Å²) in [5.41, 5.74) is 0. The molecule has 8 heteroatoms. The van der Waals surface area contributed by atoms with E-state index in [0.29, 0.717) is 58.8 Å². The van der Waals surface area contributed by atoms with Gasteiger partial charge in [-0.05, 0) is 12.8 Å². The van der Waals surface area contributed by atoms with E-state index < -0.39 is 16.0 Å². The molecule has 0 spiro atoms. The Labute approximate surface area is 119 Å². The summed E-state index contributed by atoms with van der Waals surface area (Å²) in [5, 5.41) is 8.33. The molecule has 0 aromatic carbocycles. The van der Waals surface area contributed by atoms with E-state index in [1.807, 2.05) is 4.90 Å². The van der Waals surface area contributed by atoms with Crippen molar-refractivity contribution in [1.29, 1.82) is 0 Å². The van der Waals surface area contributed by atoms with Gasteiger partial charge in [0.05, 0.1) is 11.7 Å². The maximum Gasteiger partial charge on any atom is 0.304 e. The van der Waals surface area contributed by atoms with Crippen LogP contribution in [0, 0.1) is 0 Å². The van der Waals surface area contributed by atoms with Gasteiger partial charge < -0.3 is 14.7 Å². The van der Waals surface area contributed by atoms with Crippen molar-refractivity contribution in [2.75, 3.05) is 45.9 Å². The van der Waals surface area contributed by atoms with E-state index in [9.17, 15) is 13.2 Å². The SMILES string of the molecule is O=C(O)CCN1CCN(S(=O)(=O)C2CCOCC2)CC1. The molecule has 0 bridgehead atoms. The minimum Gasteiger partial charge on any atom is -0.481 e. The van der Waals surface area contributed by atoms with Gasteiger partial charge in [0.15, 0.2) is 0 Å². The van der Waals surface area contributed by atoms with Crippen LogP contribution in [0.2, 0.25) is 0 Å².